The fourth-order valence-electron chi connectivity index (χ4n) is 1.82. The fourth-order valence-corrected chi connectivity index (χ4v) is 2.15. The molecule has 0 aliphatic heterocycles. The number of rotatable bonds is 4. The second-order valence-electron chi connectivity index (χ2n) is 4.30. The van der Waals surface area contributed by atoms with Gasteiger partial charge in [0.2, 0.25) is 0 Å². The van der Waals surface area contributed by atoms with E-state index in [-0.39, 0.29) is 13.0 Å². The first kappa shape index (κ1) is 15.2. The maximum atomic E-state index is 13.6. The van der Waals surface area contributed by atoms with Gasteiger partial charge in [-0.3, -0.25) is 0 Å². The van der Waals surface area contributed by atoms with Gasteiger partial charge in [-0.15, -0.1) is 0 Å². The molecule has 106 valence electrons. The number of ether oxygens (including phenoxy) is 1. The van der Waals surface area contributed by atoms with Gasteiger partial charge >= 0.3 is 5.97 Å². The van der Waals surface area contributed by atoms with E-state index in [0.29, 0.717) is 21.2 Å². The predicted molar refractivity (Wildman–Crippen MR) is 79.0 cm³/mol. The van der Waals surface area contributed by atoms with Crippen LogP contribution in [0.3, 0.4) is 0 Å². The van der Waals surface area contributed by atoms with Crippen molar-refractivity contribution in [1.82, 2.24) is 0 Å². The van der Waals surface area contributed by atoms with Crippen LogP contribution in [-0.4, -0.2) is 5.97 Å². The van der Waals surface area contributed by atoms with E-state index in [4.69, 9.17) is 10.00 Å². The maximum Gasteiger partial charge on any atom is 0.338 e. The number of carbonyl (C=O) groups excluding carboxylic acids is 1. The lowest BCUT2D eigenvalue weighted by molar-refractivity contribution is 0.0468. The molecule has 2 rings (SSSR count). The Morgan fingerprint density at radius 3 is 2.71 bits per heavy atom. The molecule has 0 saturated carbocycles. The zero-order valence-electron chi connectivity index (χ0n) is 11.0. The molecule has 0 amide bonds. The van der Waals surface area contributed by atoms with Crippen molar-refractivity contribution < 1.29 is 13.9 Å². The number of nitrogens with zero attached hydrogens (tertiary/aromatic N) is 1. The Labute approximate surface area is 130 Å². The molecule has 2 aromatic carbocycles. The van der Waals surface area contributed by atoms with Gasteiger partial charge in [0.15, 0.2) is 0 Å². The highest BCUT2D eigenvalue weighted by Gasteiger charge is 2.13. The molecule has 0 radical (unpaired) electrons. The van der Waals surface area contributed by atoms with Gasteiger partial charge in [0.05, 0.1) is 18.1 Å². The van der Waals surface area contributed by atoms with Crippen molar-refractivity contribution in [3.05, 3.63) is 69.4 Å². The van der Waals surface area contributed by atoms with Crippen molar-refractivity contribution in [1.29, 1.82) is 5.26 Å². The van der Waals surface area contributed by atoms with Crippen molar-refractivity contribution in [2.45, 2.75) is 13.0 Å². The first-order valence-electron chi connectivity index (χ1n) is 6.17. The van der Waals surface area contributed by atoms with Crippen LogP contribution in [-0.2, 0) is 17.8 Å². The molecule has 21 heavy (non-hydrogen) atoms. The summed E-state index contributed by atoms with van der Waals surface area (Å²) in [6.45, 7) is -0.154. The SMILES string of the molecule is N#CCc1ccccc1C(=O)OCc1ccc(Br)cc1F. The first-order valence-corrected chi connectivity index (χ1v) is 6.97. The largest absolute Gasteiger partial charge is 0.457 e. The van der Waals surface area contributed by atoms with Crippen LogP contribution in [0.1, 0.15) is 21.5 Å². The van der Waals surface area contributed by atoms with Crippen LogP contribution in [0.25, 0.3) is 0 Å². The Kier molecular flexibility index (Phi) is 5.07. The lowest BCUT2D eigenvalue weighted by atomic mass is 10.1. The average Bonchev–Trinajstić information content (AvgIpc) is 2.47. The minimum Gasteiger partial charge on any atom is -0.457 e. The zero-order valence-corrected chi connectivity index (χ0v) is 12.6. The van der Waals surface area contributed by atoms with E-state index in [1.54, 1.807) is 36.4 Å². The van der Waals surface area contributed by atoms with Crippen LogP contribution < -0.4 is 0 Å². The molecule has 2 aromatic rings. The molecule has 3 nitrogen and oxygen atoms in total. The second-order valence-corrected chi connectivity index (χ2v) is 5.22. The molecule has 0 aliphatic carbocycles. The second kappa shape index (κ2) is 7.00. The smallest absolute Gasteiger partial charge is 0.338 e. The zero-order chi connectivity index (χ0) is 15.2. The van der Waals surface area contributed by atoms with E-state index in [2.05, 4.69) is 15.9 Å². The summed E-state index contributed by atoms with van der Waals surface area (Å²) in [5.41, 5.74) is 1.22. The molecular formula is C16H11BrFNO2. The summed E-state index contributed by atoms with van der Waals surface area (Å²) in [4.78, 5) is 12.0. The van der Waals surface area contributed by atoms with Crippen LogP contribution >= 0.6 is 15.9 Å². The van der Waals surface area contributed by atoms with Gasteiger partial charge < -0.3 is 4.74 Å². The summed E-state index contributed by atoms with van der Waals surface area (Å²) in [5, 5.41) is 8.74. The average molecular weight is 348 g/mol. The number of hydrogen-bond donors (Lipinski definition) is 0. The number of hydrogen-bond acceptors (Lipinski definition) is 3. The normalized spacial score (nSPS) is 9.95. The standard InChI is InChI=1S/C16H11BrFNO2/c17-13-6-5-12(15(18)9-13)10-21-16(20)14-4-2-1-3-11(14)7-8-19/h1-6,9H,7,10H2. The molecule has 0 fully saturated rings. The number of benzene rings is 2. The van der Waals surface area contributed by atoms with Crippen molar-refractivity contribution >= 4 is 21.9 Å². The van der Waals surface area contributed by atoms with Crippen molar-refractivity contribution in [2.75, 3.05) is 0 Å². The van der Waals surface area contributed by atoms with Gasteiger partial charge in [-0.25, -0.2) is 9.18 Å². The van der Waals surface area contributed by atoms with Gasteiger partial charge in [0.1, 0.15) is 12.4 Å². The van der Waals surface area contributed by atoms with E-state index in [9.17, 15) is 9.18 Å². The monoisotopic (exact) mass is 347 g/mol. The molecule has 0 saturated heterocycles. The quantitative estimate of drug-likeness (QED) is 0.785. The Morgan fingerprint density at radius 1 is 1.24 bits per heavy atom. The van der Waals surface area contributed by atoms with Crippen LogP contribution in [0.2, 0.25) is 0 Å². The van der Waals surface area contributed by atoms with Gasteiger partial charge in [-0.05, 0) is 23.8 Å². The molecule has 0 N–H and O–H groups in total. The summed E-state index contributed by atoms with van der Waals surface area (Å²) < 4.78 is 19.4. The molecular weight excluding hydrogens is 337 g/mol. The fraction of sp³-hybridized carbons (Fsp3) is 0.125. The number of halogens is 2. The molecule has 0 aromatic heterocycles. The molecule has 0 unspecified atom stereocenters. The van der Waals surface area contributed by atoms with Crippen LogP contribution in [0.4, 0.5) is 4.39 Å². The minimum absolute atomic E-state index is 0.123. The molecule has 0 aliphatic rings. The Bertz CT molecular complexity index is 710. The lowest BCUT2D eigenvalue weighted by Crippen LogP contribution is -2.09. The number of nitriles is 1. The first-order chi connectivity index (χ1) is 10.1. The Balaban J connectivity index is 2.10. The lowest BCUT2D eigenvalue weighted by Gasteiger charge is -2.08. The third kappa shape index (κ3) is 3.89. The molecule has 0 heterocycles. The Morgan fingerprint density at radius 2 is 2.00 bits per heavy atom. The summed E-state index contributed by atoms with van der Waals surface area (Å²) >= 11 is 3.16. The molecule has 5 heteroatoms. The Hall–Kier alpha value is -2.19. The summed E-state index contributed by atoms with van der Waals surface area (Å²) in [6, 6.07) is 13.3. The third-order valence-corrected chi connectivity index (χ3v) is 3.37. The highest BCUT2D eigenvalue weighted by molar-refractivity contribution is 9.10. The summed E-state index contributed by atoms with van der Waals surface area (Å²) in [6.07, 6.45) is 0.123. The van der Waals surface area contributed by atoms with Crippen LogP contribution in [0.5, 0.6) is 0 Å². The predicted octanol–water partition coefficient (Wildman–Crippen LogP) is 4.01. The highest BCUT2D eigenvalue weighted by Crippen LogP contribution is 2.17. The summed E-state index contributed by atoms with van der Waals surface area (Å²) in [5.74, 6) is -1.01. The van der Waals surface area contributed by atoms with Crippen molar-refractivity contribution in [3.8, 4) is 6.07 Å². The summed E-state index contributed by atoms with van der Waals surface area (Å²) in [7, 11) is 0. The van der Waals surface area contributed by atoms with E-state index >= 15 is 0 Å². The molecule has 0 atom stereocenters. The van der Waals surface area contributed by atoms with Gasteiger partial charge in [-0.2, -0.15) is 5.26 Å². The van der Waals surface area contributed by atoms with Gasteiger partial charge in [-0.1, -0.05) is 40.2 Å². The molecule has 0 spiro atoms. The van der Waals surface area contributed by atoms with E-state index in [1.807, 2.05) is 6.07 Å². The third-order valence-electron chi connectivity index (χ3n) is 2.88. The highest BCUT2D eigenvalue weighted by atomic mass is 79.9. The van der Waals surface area contributed by atoms with Crippen LogP contribution in [0.15, 0.2) is 46.9 Å². The maximum absolute atomic E-state index is 13.6. The van der Waals surface area contributed by atoms with Gasteiger partial charge in [0, 0.05) is 10.0 Å². The topological polar surface area (TPSA) is 50.1 Å². The molecule has 0 bridgehead atoms. The van der Waals surface area contributed by atoms with Crippen molar-refractivity contribution in [2.24, 2.45) is 0 Å². The number of carbonyl (C=O) groups is 1. The van der Waals surface area contributed by atoms with E-state index in [1.165, 1.54) is 6.07 Å². The number of esters is 1. The van der Waals surface area contributed by atoms with E-state index in [0.717, 1.165) is 0 Å². The van der Waals surface area contributed by atoms with Crippen LogP contribution in [0, 0.1) is 17.1 Å². The van der Waals surface area contributed by atoms with Crippen molar-refractivity contribution in [3.63, 3.8) is 0 Å². The van der Waals surface area contributed by atoms with Gasteiger partial charge in [0.25, 0.3) is 0 Å². The minimum atomic E-state index is -0.567. The van der Waals surface area contributed by atoms with E-state index < -0.39 is 11.8 Å².